The molecule has 4 nitrogen and oxygen atoms in total. The zero-order chi connectivity index (χ0) is 17.5. The lowest BCUT2D eigenvalue weighted by Gasteiger charge is -2.10. The molecule has 1 N–H and O–H groups in total. The molecule has 2 aromatic carbocycles. The summed E-state index contributed by atoms with van der Waals surface area (Å²) in [5, 5.41) is -0.380. The molecule has 2 rings (SSSR count). The lowest BCUT2D eigenvalue weighted by atomic mass is 10.3. The summed E-state index contributed by atoms with van der Waals surface area (Å²) in [6.07, 6.45) is 0. The van der Waals surface area contributed by atoms with Crippen LogP contribution in [-0.2, 0) is 20.9 Å². The Morgan fingerprint density at radius 3 is 1.57 bits per heavy atom. The smallest absolute Gasteiger partial charge is 0.206 e. The van der Waals surface area contributed by atoms with Crippen LogP contribution in [0.1, 0.15) is 0 Å². The summed E-state index contributed by atoms with van der Waals surface area (Å²) in [5.74, 6) is 0. The molecule has 0 aliphatic rings. The van der Waals surface area contributed by atoms with E-state index in [-0.39, 0.29) is 39.7 Å². The minimum Gasteiger partial charge on any atom is -0.302 e. The van der Waals surface area contributed by atoms with Gasteiger partial charge in [-0.3, -0.25) is 0 Å². The van der Waals surface area contributed by atoms with E-state index in [4.69, 9.17) is 51.0 Å². The normalized spacial score (nSPS) is 13.1. The first-order chi connectivity index (χ1) is 10.6. The predicted octanol–water partition coefficient (Wildman–Crippen LogP) is 5.00. The molecule has 0 aliphatic heterocycles. The van der Waals surface area contributed by atoms with Crippen molar-refractivity contribution in [1.29, 1.82) is 0 Å². The van der Waals surface area contributed by atoms with Crippen molar-refractivity contribution in [3.05, 3.63) is 44.4 Å². The summed E-state index contributed by atoms with van der Waals surface area (Å²) >= 11 is 25.1. The molecular weight excluding hydrogens is 446 g/mol. The molecule has 0 spiro atoms. The van der Waals surface area contributed by atoms with Crippen molar-refractivity contribution >= 4 is 80.0 Å². The van der Waals surface area contributed by atoms with E-state index < -0.39 is 20.9 Å². The molecule has 2 aromatic rings. The maximum absolute atomic E-state index is 12.6. The highest BCUT2D eigenvalue weighted by Gasteiger charge is 2.24. The molecule has 11 heteroatoms. The zero-order valence-electron chi connectivity index (χ0n) is 10.8. The topological polar surface area (TPSA) is 71.4 Å². The van der Waals surface area contributed by atoms with Gasteiger partial charge in [0.05, 0.1) is 29.9 Å². The van der Waals surface area contributed by atoms with Crippen molar-refractivity contribution in [3.63, 3.8) is 0 Å². The van der Waals surface area contributed by atoms with Crippen LogP contribution in [0, 0.1) is 0 Å². The molecule has 23 heavy (non-hydrogen) atoms. The van der Waals surface area contributed by atoms with Gasteiger partial charge in [0, 0.05) is 4.90 Å². The van der Waals surface area contributed by atoms with Gasteiger partial charge in [-0.2, -0.15) is 0 Å². The number of sulfone groups is 1. The van der Waals surface area contributed by atoms with Crippen molar-refractivity contribution in [2.45, 2.75) is 19.6 Å². The standard InChI is InChI=1S/C12H6Cl4O4S3/c13-7-1-5(2-8(14)11(7)21)23(19,20)6-3-9(15)12(22(17)18)10(16)4-6/h1-4,21H,(H,17,18). The first-order valence-corrected chi connectivity index (χ1v) is 10.1. The van der Waals surface area contributed by atoms with E-state index in [1.165, 1.54) is 12.1 Å². The van der Waals surface area contributed by atoms with Gasteiger partial charge in [-0.1, -0.05) is 46.4 Å². The number of thiol groups is 1. The van der Waals surface area contributed by atoms with Crippen LogP contribution in [0.5, 0.6) is 0 Å². The number of benzene rings is 2. The number of rotatable bonds is 3. The monoisotopic (exact) mass is 450 g/mol. The fourth-order valence-electron chi connectivity index (χ4n) is 1.69. The Balaban J connectivity index is 2.68. The van der Waals surface area contributed by atoms with Crippen LogP contribution in [0.2, 0.25) is 20.1 Å². The van der Waals surface area contributed by atoms with Crippen LogP contribution in [0.15, 0.2) is 43.8 Å². The van der Waals surface area contributed by atoms with Crippen LogP contribution >= 0.6 is 59.0 Å². The third kappa shape index (κ3) is 3.82. The van der Waals surface area contributed by atoms with E-state index in [0.29, 0.717) is 0 Å². The largest absolute Gasteiger partial charge is 0.302 e. The molecule has 0 bridgehead atoms. The van der Waals surface area contributed by atoms with Gasteiger partial charge in [0.15, 0.2) is 11.1 Å². The maximum atomic E-state index is 12.6. The summed E-state index contributed by atoms with van der Waals surface area (Å²) in [6.45, 7) is 0. The molecule has 0 fully saturated rings. The van der Waals surface area contributed by atoms with Crippen molar-refractivity contribution < 1.29 is 17.2 Å². The Bertz CT molecular complexity index is 882. The first-order valence-electron chi connectivity index (χ1n) is 5.58. The van der Waals surface area contributed by atoms with E-state index in [2.05, 4.69) is 12.6 Å². The van der Waals surface area contributed by atoms with Gasteiger partial charge in [0.25, 0.3) is 0 Å². The van der Waals surface area contributed by atoms with Gasteiger partial charge in [0.2, 0.25) is 9.84 Å². The second-order valence-corrected chi connectivity index (χ2v) is 9.14. The van der Waals surface area contributed by atoms with Crippen molar-refractivity contribution in [2.24, 2.45) is 0 Å². The molecule has 0 radical (unpaired) electrons. The Kier molecular flexibility index (Phi) is 5.96. The SMILES string of the molecule is O=S(O)c1c(Cl)cc(S(=O)(=O)c2cc(Cl)c(S)c(Cl)c2)cc1Cl. The van der Waals surface area contributed by atoms with E-state index >= 15 is 0 Å². The molecule has 0 amide bonds. The van der Waals surface area contributed by atoms with Gasteiger partial charge in [0.1, 0.15) is 4.90 Å². The minimum atomic E-state index is -4.04. The second-order valence-electron chi connectivity index (χ2n) is 4.20. The fourth-order valence-corrected chi connectivity index (χ4v) is 5.27. The van der Waals surface area contributed by atoms with Crippen LogP contribution in [0.25, 0.3) is 0 Å². The summed E-state index contributed by atoms with van der Waals surface area (Å²) in [7, 11) is -4.04. The molecule has 0 heterocycles. The fraction of sp³-hybridized carbons (Fsp3) is 0. The average molecular weight is 452 g/mol. The van der Waals surface area contributed by atoms with Gasteiger partial charge in [-0.05, 0) is 24.3 Å². The van der Waals surface area contributed by atoms with Gasteiger partial charge in [-0.25, -0.2) is 12.6 Å². The van der Waals surface area contributed by atoms with Crippen LogP contribution in [0.3, 0.4) is 0 Å². The number of hydrogen-bond acceptors (Lipinski definition) is 4. The summed E-state index contributed by atoms with van der Waals surface area (Å²) < 4.78 is 45.5. The third-order valence-electron chi connectivity index (χ3n) is 2.76. The highest BCUT2D eigenvalue weighted by Crippen LogP contribution is 2.36. The predicted molar refractivity (Wildman–Crippen MR) is 94.7 cm³/mol. The highest BCUT2D eigenvalue weighted by atomic mass is 35.5. The van der Waals surface area contributed by atoms with Gasteiger partial charge >= 0.3 is 0 Å². The lowest BCUT2D eigenvalue weighted by molar-refractivity contribution is 0.564. The lowest BCUT2D eigenvalue weighted by Crippen LogP contribution is -2.04. The highest BCUT2D eigenvalue weighted by molar-refractivity contribution is 7.91. The summed E-state index contributed by atoms with van der Waals surface area (Å²) in [6, 6.07) is 4.43. The molecular formula is C12H6Cl4O4S3. The van der Waals surface area contributed by atoms with Crippen LogP contribution < -0.4 is 0 Å². The number of hydrogen-bond donors (Lipinski definition) is 2. The molecule has 1 unspecified atom stereocenters. The zero-order valence-corrected chi connectivity index (χ0v) is 16.3. The maximum Gasteiger partial charge on any atom is 0.206 e. The van der Waals surface area contributed by atoms with Crippen LogP contribution in [-0.4, -0.2) is 17.2 Å². The molecule has 0 aliphatic carbocycles. The molecule has 1 atom stereocenters. The quantitative estimate of drug-likeness (QED) is 0.508. The van der Waals surface area contributed by atoms with Crippen molar-refractivity contribution in [2.75, 3.05) is 0 Å². The van der Waals surface area contributed by atoms with E-state index in [1.54, 1.807) is 0 Å². The third-order valence-corrected chi connectivity index (χ3v) is 7.42. The Morgan fingerprint density at radius 1 is 0.870 bits per heavy atom. The molecule has 0 aromatic heterocycles. The van der Waals surface area contributed by atoms with Crippen molar-refractivity contribution in [1.82, 2.24) is 0 Å². The molecule has 0 saturated heterocycles. The van der Waals surface area contributed by atoms with Gasteiger partial charge < -0.3 is 4.55 Å². The Morgan fingerprint density at radius 2 is 1.22 bits per heavy atom. The molecule has 0 saturated carbocycles. The summed E-state index contributed by atoms with van der Waals surface area (Å²) in [4.78, 5) is -0.473. The number of halogens is 4. The Hall–Kier alpha value is 0.01000. The second kappa shape index (κ2) is 7.09. The van der Waals surface area contributed by atoms with E-state index in [9.17, 15) is 12.6 Å². The average Bonchev–Trinajstić information content (AvgIpc) is 2.42. The van der Waals surface area contributed by atoms with Crippen LogP contribution in [0.4, 0.5) is 0 Å². The van der Waals surface area contributed by atoms with E-state index in [1.807, 2.05) is 0 Å². The molecule has 124 valence electrons. The summed E-state index contributed by atoms with van der Waals surface area (Å²) in [5.41, 5.74) is 0. The van der Waals surface area contributed by atoms with E-state index in [0.717, 1.165) is 12.1 Å². The Labute approximate surface area is 160 Å². The van der Waals surface area contributed by atoms with Gasteiger partial charge in [-0.15, -0.1) is 12.6 Å². The minimum absolute atomic E-state index is 0.0599. The first kappa shape index (κ1) is 19.3. The van der Waals surface area contributed by atoms with Crippen molar-refractivity contribution in [3.8, 4) is 0 Å².